The van der Waals surface area contributed by atoms with Crippen LogP contribution in [0, 0.1) is 34.9 Å². The number of fused-ring (bicyclic) bond motifs is 2. The molecule has 1 atom stereocenters. The van der Waals surface area contributed by atoms with Gasteiger partial charge in [0.05, 0.1) is 5.69 Å². The molecule has 0 fully saturated rings. The molecule has 0 aliphatic heterocycles. The van der Waals surface area contributed by atoms with E-state index in [1.807, 2.05) is 72.8 Å². The number of hydrogen-bond donors (Lipinski definition) is 0. The van der Waals surface area contributed by atoms with Crippen molar-refractivity contribution in [1.82, 2.24) is 0 Å². The lowest BCUT2D eigenvalue weighted by Crippen LogP contribution is -2.19. The van der Waals surface area contributed by atoms with Gasteiger partial charge in [-0.05, 0) is 90.4 Å². The molecule has 0 radical (unpaired) electrons. The molecule has 0 saturated heterocycles. The Morgan fingerprint density at radius 2 is 0.778 bits per heavy atom. The Labute approximate surface area is 368 Å². The molecule has 0 amide bonds. The summed E-state index contributed by atoms with van der Waals surface area (Å²) >= 11 is 0. The molecule has 0 saturated carbocycles. The Balaban J connectivity index is 1.70. The minimum atomic E-state index is -1.11. The summed E-state index contributed by atoms with van der Waals surface area (Å²) < 4.78 is 95.7. The van der Waals surface area contributed by atoms with Crippen LogP contribution < -0.4 is 4.90 Å². The third kappa shape index (κ3) is 8.99. The van der Waals surface area contributed by atoms with Gasteiger partial charge in [0.25, 0.3) is 0 Å². The summed E-state index contributed by atoms with van der Waals surface area (Å²) in [7, 11) is 0. The fourth-order valence-corrected chi connectivity index (χ4v) is 8.63. The molecular formula is C56H57F6N. The second kappa shape index (κ2) is 16.2. The molecule has 7 aromatic rings. The summed E-state index contributed by atoms with van der Waals surface area (Å²) in [6.07, 6.45) is 0.132. The predicted molar refractivity (Wildman–Crippen MR) is 249 cm³/mol. The van der Waals surface area contributed by atoms with Crippen molar-refractivity contribution in [1.29, 1.82) is 0 Å². The van der Waals surface area contributed by atoms with Gasteiger partial charge in [0.15, 0.2) is 11.6 Å². The van der Waals surface area contributed by atoms with Crippen LogP contribution in [-0.4, -0.2) is 0 Å². The molecule has 7 aromatic carbocycles. The summed E-state index contributed by atoms with van der Waals surface area (Å²) in [6.45, 7) is 24.9. The van der Waals surface area contributed by atoms with Gasteiger partial charge in [0.2, 0.25) is 0 Å². The molecule has 328 valence electrons. The highest BCUT2D eigenvalue weighted by molar-refractivity contribution is 6.17. The lowest BCUT2D eigenvalue weighted by Gasteiger charge is -2.33. The van der Waals surface area contributed by atoms with Gasteiger partial charge in [0.1, 0.15) is 29.0 Å². The van der Waals surface area contributed by atoms with Crippen LogP contribution in [0.5, 0.6) is 0 Å². The third-order valence-electron chi connectivity index (χ3n) is 12.3. The highest BCUT2D eigenvalue weighted by atomic mass is 19.2. The smallest absolute Gasteiger partial charge is 0.153 e. The number of hydrogen-bond acceptors (Lipinski definition) is 1. The van der Waals surface area contributed by atoms with Crippen LogP contribution in [0.4, 0.5) is 43.4 Å². The average molecular weight is 858 g/mol. The second-order valence-electron chi connectivity index (χ2n) is 21.1. The Kier molecular flexibility index (Phi) is 11.7. The molecule has 0 spiro atoms. The maximum atomic E-state index is 16.5. The summed E-state index contributed by atoms with van der Waals surface area (Å²) in [5, 5.41) is 2.26. The van der Waals surface area contributed by atoms with E-state index in [2.05, 4.69) is 83.1 Å². The first-order chi connectivity index (χ1) is 29.2. The van der Waals surface area contributed by atoms with Gasteiger partial charge < -0.3 is 4.90 Å². The van der Waals surface area contributed by atoms with Crippen molar-refractivity contribution in [2.45, 2.75) is 117 Å². The number of anilines is 3. The van der Waals surface area contributed by atoms with Crippen LogP contribution >= 0.6 is 0 Å². The number of rotatable bonds is 7. The van der Waals surface area contributed by atoms with Gasteiger partial charge in [-0.15, -0.1) is 0 Å². The molecule has 0 aliphatic carbocycles. The van der Waals surface area contributed by atoms with Gasteiger partial charge in [-0.25, -0.2) is 26.3 Å². The summed E-state index contributed by atoms with van der Waals surface area (Å²) in [5.41, 5.74) is 4.08. The van der Waals surface area contributed by atoms with Crippen LogP contribution in [0.15, 0.2) is 109 Å². The molecular weight excluding hydrogens is 801 g/mol. The van der Waals surface area contributed by atoms with E-state index >= 15 is 17.6 Å². The average Bonchev–Trinajstić information content (AvgIpc) is 3.16. The second-order valence-corrected chi connectivity index (χ2v) is 21.1. The van der Waals surface area contributed by atoms with Crippen molar-refractivity contribution < 1.29 is 26.3 Å². The van der Waals surface area contributed by atoms with Crippen LogP contribution in [0.2, 0.25) is 0 Å². The molecule has 0 aliphatic rings. The van der Waals surface area contributed by atoms with E-state index in [0.29, 0.717) is 62.7 Å². The molecule has 0 N–H and O–H groups in total. The minimum absolute atomic E-state index is 0.132. The quantitative estimate of drug-likeness (QED) is 0.114. The Morgan fingerprint density at radius 3 is 1.24 bits per heavy atom. The van der Waals surface area contributed by atoms with Gasteiger partial charge in [-0.1, -0.05) is 150 Å². The fraction of sp³-hybridized carbons (Fsp3) is 0.321. The maximum Gasteiger partial charge on any atom is 0.153 e. The van der Waals surface area contributed by atoms with Crippen LogP contribution in [0.1, 0.15) is 128 Å². The molecule has 1 unspecified atom stereocenters. The van der Waals surface area contributed by atoms with Crippen LogP contribution in [-0.2, 0) is 28.1 Å². The van der Waals surface area contributed by atoms with Crippen molar-refractivity contribution in [2.75, 3.05) is 4.90 Å². The maximum absolute atomic E-state index is 16.5. The van der Waals surface area contributed by atoms with E-state index in [1.54, 1.807) is 12.1 Å². The molecule has 7 heteroatoms. The predicted octanol–water partition coefficient (Wildman–Crippen LogP) is 16.9. The van der Waals surface area contributed by atoms with Crippen molar-refractivity contribution in [3.63, 3.8) is 0 Å². The Bertz CT molecular complexity index is 2800. The summed E-state index contributed by atoms with van der Waals surface area (Å²) in [5.74, 6) is -7.38. The highest BCUT2D eigenvalue weighted by Gasteiger charge is 2.33. The SMILES string of the molecule is CC(C)(C)c1ccc(CC(c2c(F)cc(F)cc2F)c2c3cc(C(C)(C)C)ccc3c(N(c3ccc(C(C)(C)C)cc3)c3c(F)cc(F)cc3F)c3cc(C(C)(C)C)ccc23)cc1. The Morgan fingerprint density at radius 1 is 0.381 bits per heavy atom. The van der Waals surface area contributed by atoms with E-state index in [4.69, 9.17) is 0 Å². The third-order valence-corrected chi connectivity index (χ3v) is 12.3. The van der Waals surface area contributed by atoms with Crippen molar-refractivity contribution in [2.24, 2.45) is 0 Å². The Hall–Kier alpha value is -5.56. The molecule has 63 heavy (non-hydrogen) atoms. The largest absolute Gasteiger partial charge is 0.304 e. The zero-order valence-corrected chi connectivity index (χ0v) is 38.4. The summed E-state index contributed by atoms with van der Waals surface area (Å²) in [4.78, 5) is 1.51. The van der Waals surface area contributed by atoms with E-state index in [1.165, 1.54) is 4.90 Å². The molecule has 0 bridgehead atoms. The molecule has 1 nitrogen and oxygen atoms in total. The molecule has 0 aromatic heterocycles. The van der Waals surface area contributed by atoms with Gasteiger partial charge in [0, 0.05) is 52.2 Å². The number of halogens is 6. The zero-order valence-electron chi connectivity index (χ0n) is 38.4. The first kappa shape index (κ1) is 45.5. The lowest BCUT2D eigenvalue weighted by atomic mass is 9.76. The number of benzene rings is 7. The zero-order chi connectivity index (χ0) is 46.1. The molecule has 7 rings (SSSR count). The van der Waals surface area contributed by atoms with Gasteiger partial charge in [-0.3, -0.25) is 0 Å². The minimum Gasteiger partial charge on any atom is -0.304 e. The van der Waals surface area contributed by atoms with Gasteiger partial charge >= 0.3 is 0 Å². The van der Waals surface area contributed by atoms with Crippen molar-refractivity contribution in [3.8, 4) is 0 Å². The van der Waals surface area contributed by atoms with Crippen LogP contribution in [0.3, 0.4) is 0 Å². The normalized spacial score (nSPS) is 13.2. The van der Waals surface area contributed by atoms with Crippen molar-refractivity contribution in [3.05, 3.63) is 183 Å². The lowest BCUT2D eigenvalue weighted by molar-refractivity contribution is 0.513. The van der Waals surface area contributed by atoms with Crippen molar-refractivity contribution >= 4 is 38.6 Å². The van der Waals surface area contributed by atoms with E-state index in [-0.39, 0.29) is 22.8 Å². The standard InChI is InChI=1S/C56H57F6N/c1-53(2,3)33-15-13-32(14-16-33)25-44(50-45(59)28-37(57)29-46(50)60)49-40-23-19-36(56(10,11)12)27-43(40)51(41-24-20-35(26-42(41)49)55(7,8)9)63(52-47(61)30-38(58)31-48(52)62)39-21-17-34(18-22-39)54(4,5)6/h13-24,26-31,44H,25H2,1-12H3. The number of nitrogens with zero attached hydrogens (tertiary/aromatic N) is 1. The van der Waals surface area contributed by atoms with E-state index in [9.17, 15) is 8.78 Å². The van der Waals surface area contributed by atoms with Crippen LogP contribution in [0.25, 0.3) is 21.5 Å². The first-order valence-electron chi connectivity index (χ1n) is 21.6. The highest BCUT2D eigenvalue weighted by Crippen LogP contribution is 2.51. The first-order valence-corrected chi connectivity index (χ1v) is 21.6. The molecule has 0 heterocycles. The van der Waals surface area contributed by atoms with E-state index in [0.717, 1.165) is 27.8 Å². The van der Waals surface area contributed by atoms with Gasteiger partial charge in [-0.2, -0.15) is 0 Å². The fourth-order valence-electron chi connectivity index (χ4n) is 8.63. The van der Waals surface area contributed by atoms with E-state index < -0.39 is 57.3 Å². The summed E-state index contributed by atoms with van der Waals surface area (Å²) in [6, 6.07) is 29.9. The topological polar surface area (TPSA) is 3.24 Å². The monoisotopic (exact) mass is 857 g/mol.